The van der Waals surface area contributed by atoms with E-state index in [9.17, 15) is 9.59 Å². The molecule has 1 unspecified atom stereocenters. The van der Waals surface area contributed by atoms with Gasteiger partial charge in [0.1, 0.15) is 6.04 Å². The Morgan fingerprint density at radius 2 is 2.04 bits per heavy atom. The van der Waals surface area contributed by atoms with Crippen molar-refractivity contribution in [3.05, 3.63) is 47.3 Å². The molecule has 0 radical (unpaired) electrons. The van der Waals surface area contributed by atoms with E-state index in [1.54, 1.807) is 11.6 Å². The average Bonchev–Trinajstić information content (AvgIpc) is 3.15. The van der Waals surface area contributed by atoms with E-state index in [0.29, 0.717) is 12.1 Å². The van der Waals surface area contributed by atoms with Crippen LogP contribution in [0.3, 0.4) is 0 Å². The maximum Gasteiger partial charge on any atom is 0.326 e. The fourth-order valence-electron chi connectivity index (χ4n) is 2.97. The number of hydrogen-bond acceptors (Lipinski definition) is 3. The second kappa shape index (κ2) is 6.24. The predicted molar refractivity (Wildman–Crippen MR) is 84.8 cm³/mol. The van der Waals surface area contributed by atoms with Gasteiger partial charge in [-0.3, -0.25) is 4.79 Å². The summed E-state index contributed by atoms with van der Waals surface area (Å²) >= 11 is 0. The zero-order valence-corrected chi connectivity index (χ0v) is 13.0. The molecule has 1 heterocycles. The molecule has 6 heteroatoms. The van der Waals surface area contributed by atoms with E-state index in [1.165, 1.54) is 0 Å². The van der Waals surface area contributed by atoms with Gasteiger partial charge in [0.05, 0.1) is 5.69 Å². The van der Waals surface area contributed by atoms with Crippen molar-refractivity contribution in [2.24, 2.45) is 0 Å². The van der Waals surface area contributed by atoms with E-state index >= 15 is 0 Å². The highest BCUT2D eigenvalue weighted by atomic mass is 16.4. The molecule has 6 nitrogen and oxygen atoms in total. The van der Waals surface area contributed by atoms with Gasteiger partial charge in [-0.15, -0.1) is 0 Å². The summed E-state index contributed by atoms with van der Waals surface area (Å²) in [5.41, 5.74) is 3.24. The maximum atomic E-state index is 12.5. The highest BCUT2D eigenvalue weighted by Crippen LogP contribution is 2.27. The highest BCUT2D eigenvalue weighted by molar-refractivity contribution is 5.96. The summed E-state index contributed by atoms with van der Waals surface area (Å²) in [7, 11) is 0. The highest BCUT2D eigenvalue weighted by Gasteiger charge is 2.28. The molecule has 1 aliphatic carbocycles. The lowest BCUT2D eigenvalue weighted by molar-refractivity contribution is -0.139. The molecule has 2 N–H and O–H groups in total. The molecule has 0 saturated carbocycles. The molecule has 1 aromatic carbocycles. The molecule has 1 amide bonds. The Hall–Kier alpha value is -2.63. The van der Waals surface area contributed by atoms with Crippen molar-refractivity contribution in [1.29, 1.82) is 0 Å². The van der Waals surface area contributed by atoms with Crippen molar-refractivity contribution in [3.8, 4) is 5.69 Å². The quantitative estimate of drug-likeness (QED) is 0.883. The van der Waals surface area contributed by atoms with E-state index in [0.717, 1.165) is 36.2 Å². The molecule has 1 aromatic heterocycles. The van der Waals surface area contributed by atoms with E-state index in [-0.39, 0.29) is 0 Å². The summed E-state index contributed by atoms with van der Waals surface area (Å²) < 4.78 is 1.80. The Balaban J connectivity index is 1.95. The number of hydrogen-bond donors (Lipinski definition) is 2. The van der Waals surface area contributed by atoms with Crippen LogP contribution in [0.25, 0.3) is 5.69 Å². The smallest absolute Gasteiger partial charge is 0.326 e. The standard InChI is InChI=1S/C17H19N3O3/c1-2-13(17(22)23)18-16(21)15-12-9-6-10-14(12)20(19-15)11-7-4-3-5-8-11/h3-5,7-8,13H,2,6,9-10H2,1H3,(H,18,21)(H,22,23). The van der Waals surface area contributed by atoms with Crippen LogP contribution in [0.2, 0.25) is 0 Å². The van der Waals surface area contributed by atoms with Gasteiger partial charge >= 0.3 is 5.97 Å². The van der Waals surface area contributed by atoms with Crippen molar-refractivity contribution >= 4 is 11.9 Å². The van der Waals surface area contributed by atoms with Crippen LogP contribution in [0.4, 0.5) is 0 Å². The first-order valence-corrected chi connectivity index (χ1v) is 7.81. The lowest BCUT2D eigenvalue weighted by atomic mass is 10.1. The van der Waals surface area contributed by atoms with Crippen molar-refractivity contribution in [3.63, 3.8) is 0 Å². The summed E-state index contributed by atoms with van der Waals surface area (Å²) in [6.07, 6.45) is 2.99. The van der Waals surface area contributed by atoms with Crippen LogP contribution in [0.5, 0.6) is 0 Å². The number of aromatic nitrogens is 2. The third-order valence-corrected chi connectivity index (χ3v) is 4.16. The molecule has 2 aromatic rings. The first kappa shape index (κ1) is 15.3. The van der Waals surface area contributed by atoms with Crippen LogP contribution in [-0.4, -0.2) is 32.8 Å². The van der Waals surface area contributed by atoms with Crippen molar-refractivity contribution < 1.29 is 14.7 Å². The molecule has 0 spiro atoms. The molecule has 23 heavy (non-hydrogen) atoms. The number of carboxylic acid groups (broad SMARTS) is 1. The van der Waals surface area contributed by atoms with Gasteiger partial charge in [0.2, 0.25) is 0 Å². The second-order valence-corrected chi connectivity index (χ2v) is 5.65. The largest absolute Gasteiger partial charge is 0.480 e. The molecule has 0 bridgehead atoms. The van der Waals surface area contributed by atoms with Gasteiger partial charge < -0.3 is 10.4 Å². The number of benzene rings is 1. The van der Waals surface area contributed by atoms with Crippen molar-refractivity contribution in [2.45, 2.75) is 38.6 Å². The number of nitrogens with zero attached hydrogens (tertiary/aromatic N) is 2. The number of fused-ring (bicyclic) bond motifs is 1. The minimum Gasteiger partial charge on any atom is -0.480 e. The van der Waals surface area contributed by atoms with Gasteiger partial charge in [-0.1, -0.05) is 25.1 Å². The van der Waals surface area contributed by atoms with Crippen LogP contribution < -0.4 is 5.32 Å². The first-order chi connectivity index (χ1) is 11.1. The Morgan fingerprint density at radius 3 is 2.70 bits per heavy atom. The van der Waals surface area contributed by atoms with Gasteiger partial charge in [-0.05, 0) is 37.8 Å². The minimum absolute atomic E-state index is 0.336. The number of amides is 1. The molecule has 0 aliphatic heterocycles. The number of rotatable bonds is 5. The number of nitrogens with one attached hydrogen (secondary N) is 1. The molecular weight excluding hydrogens is 294 g/mol. The molecule has 0 saturated heterocycles. The van der Waals surface area contributed by atoms with Gasteiger partial charge in [0.15, 0.2) is 5.69 Å². The molecular formula is C17H19N3O3. The zero-order chi connectivity index (χ0) is 16.4. The zero-order valence-electron chi connectivity index (χ0n) is 13.0. The van der Waals surface area contributed by atoms with Crippen LogP contribution in [0.15, 0.2) is 30.3 Å². The topological polar surface area (TPSA) is 84.2 Å². The summed E-state index contributed by atoms with van der Waals surface area (Å²) in [5.74, 6) is -1.44. The SMILES string of the molecule is CCC(NC(=O)c1nn(-c2ccccc2)c2c1CCC2)C(=O)O. The Kier molecular flexibility index (Phi) is 4.14. The van der Waals surface area contributed by atoms with E-state index in [1.807, 2.05) is 30.3 Å². The van der Waals surface area contributed by atoms with Crippen LogP contribution >= 0.6 is 0 Å². The lowest BCUT2D eigenvalue weighted by Crippen LogP contribution is -2.40. The molecule has 0 fully saturated rings. The Labute approximate surface area is 134 Å². The fraction of sp³-hybridized carbons (Fsp3) is 0.353. The predicted octanol–water partition coefficient (Wildman–Crippen LogP) is 1.95. The van der Waals surface area contributed by atoms with Gasteiger partial charge in [0.25, 0.3) is 5.91 Å². The summed E-state index contributed by atoms with van der Waals surface area (Å²) in [4.78, 5) is 23.6. The number of para-hydroxylation sites is 1. The second-order valence-electron chi connectivity index (χ2n) is 5.65. The normalized spacial score (nSPS) is 14.3. The molecule has 1 aliphatic rings. The maximum absolute atomic E-state index is 12.5. The van der Waals surface area contributed by atoms with Crippen LogP contribution in [0.1, 0.15) is 41.5 Å². The number of carbonyl (C=O) groups excluding carboxylic acids is 1. The van der Waals surface area contributed by atoms with Gasteiger partial charge in [0, 0.05) is 11.3 Å². The van der Waals surface area contributed by atoms with E-state index < -0.39 is 17.9 Å². The molecule has 1 atom stereocenters. The van der Waals surface area contributed by atoms with Gasteiger partial charge in [-0.2, -0.15) is 5.10 Å². The molecule has 120 valence electrons. The monoisotopic (exact) mass is 313 g/mol. The van der Waals surface area contributed by atoms with E-state index in [2.05, 4.69) is 10.4 Å². The van der Waals surface area contributed by atoms with Crippen molar-refractivity contribution in [1.82, 2.24) is 15.1 Å². The third kappa shape index (κ3) is 2.84. The summed E-state index contributed by atoms with van der Waals surface area (Å²) in [6.45, 7) is 1.73. The van der Waals surface area contributed by atoms with Crippen LogP contribution in [0, 0.1) is 0 Å². The number of carboxylic acids is 1. The fourth-order valence-corrected chi connectivity index (χ4v) is 2.97. The van der Waals surface area contributed by atoms with Gasteiger partial charge in [-0.25, -0.2) is 9.48 Å². The summed E-state index contributed by atoms with van der Waals surface area (Å²) in [5, 5.41) is 16.1. The Bertz CT molecular complexity index is 737. The van der Waals surface area contributed by atoms with Crippen molar-refractivity contribution in [2.75, 3.05) is 0 Å². The molecule has 3 rings (SSSR count). The lowest BCUT2D eigenvalue weighted by Gasteiger charge is -2.11. The minimum atomic E-state index is -1.03. The number of aliphatic carboxylic acids is 1. The average molecular weight is 313 g/mol. The first-order valence-electron chi connectivity index (χ1n) is 7.81. The summed E-state index contributed by atoms with van der Waals surface area (Å²) in [6, 6.07) is 8.78. The number of carbonyl (C=O) groups is 2. The van der Waals surface area contributed by atoms with E-state index in [4.69, 9.17) is 5.11 Å². The Morgan fingerprint density at radius 1 is 1.30 bits per heavy atom. The third-order valence-electron chi connectivity index (χ3n) is 4.16. The van der Waals surface area contributed by atoms with Crippen LogP contribution in [-0.2, 0) is 17.6 Å².